The molecule has 0 unspecified atom stereocenters. The fourth-order valence-corrected chi connectivity index (χ4v) is 3.45. The molecule has 0 radical (unpaired) electrons. The van der Waals surface area contributed by atoms with Crippen molar-refractivity contribution in [1.29, 1.82) is 0 Å². The Hall–Kier alpha value is -3.87. The molecule has 7 nitrogen and oxygen atoms in total. The summed E-state index contributed by atoms with van der Waals surface area (Å²) in [5, 5.41) is 6.06. The van der Waals surface area contributed by atoms with Crippen LogP contribution in [0.5, 0.6) is 5.75 Å². The van der Waals surface area contributed by atoms with Gasteiger partial charge in [0, 0.05) is 24.0 Å². The fourth-order valence-electron chi connectivity index (χ4n) is 3.45. The van der Waals surface area contributed by atoms with Gasteiger partial charge in [0.2, 0.25) is 0 Å². The minimum Gasteiger partial charge on any atom is -0.495 e. The van der Waals surface area contributed by atoms with Gasteiger partial charge in [0.05, 0.1) is 19.3 Å². The summed E-state index contributed by atoms with van der Waals surface area (Å²) < 4.78 is 6.79. The van der Waals surface area contributed by atoms with Crippen LogP contribution in [0.25, 0.3) is 5.69 Å². The van der Waals surface area contributed by atoms with E-state index in [0.29, 0.717) is 22.7 Å². The normalized spacial score (nSPS) is 12.8. The summed E-state index contributed by atoms with van der Waals surface area (Å²) in [5.74, 6) is 0.896. The molecule has 0 spiro atoms. The Labute approximate surface area is 174 Å². The molecule has 152 valence electrons. The first-order chi connectivity index (χ1) is 14.6. The zero-order chi connectivity index (χ0) is 21.1. The van der Waals surface area contributed by atoms with Crippen LogP contribution in [0.15, 0.2) is 70.6 Å². The van der Waals surface area contributed by atoms with Crippen LogP contribution < -0.4 is 20.9 Å². The molecule has 0 aliphatic carbocycles. The molecule has 2 aromatic carbocycles. The van der Waals surface area contributed by atoms with Crippen LogP contribution in [0.1, 0.15) is 21.5 Å². The van der Waals surface area contributed by atoms with Crippen LogP contribution in [0, 0.1) is 6.92 Å². The number of rotatable bonds is 5. The van der Waals surface area contributed by atoms with E-state index in [0.717, 1.165) is 24.5 Å². The van der Waals surface area contributed by atoms with Gasteiger partial charge in [0.15, 0.2) is 0 Å². The lowest BCUT2D eigenvalue weighted by molar-refractivity contribution is 0.102. The Morgan fingerprint density at radius 3 is 2.77 bits per heavy atom. The number of ether oxygens (including phenoxy) is 1. The second kappa shape index (κ2) is 8.24. The van der Waals surface area contributed by atoms with Gasteiger partial charge in [-0.1, -0.05) is 24.3 Å². The summed E-state index contributed by atoms with van der Waals surface area (Å²) in [4.78, 5) is 30.6. The van der Waals surface area contributed by atoms with Crippen LogP contribution in [-0.4, -0.2) is 36.5 Å². The van der Waals surface area contributed by atoms with Gasteiger partial charge in [-0.3, -0.25) is 19.1 Å². The third kappa shape index (κ3) is 3.69. The minimum absolute atomic E-state index is 0.0881. The number of carbonyl (C=O) groups excluding carboxylic acids is 1. The molecular formula is C23H22N4O3. The highest BCUT2D eigenvalue weighted by molar-refractivity contribution is 6.06. The van der Waals surface area contributed by atoms with Gasteiger partial charge in [-0.05, 0) is 42.8 Å². The number of pyridine rings is 1. The number of amidine groups is 1. The van der Waals surface area contributed by atoms with E-state index in [4.69, 9.17) is 4.74 Å². The molecule has 1 aliphatic rings. The lowest BCUT2D eigenvalue weighted by Crippen LogP contribution is -2.29. The highest BCUT2D eigenvalue weighted by Crippen LogP contribution is 2.21. The monoisotopic (exact) mass is 402 g/mol. The maximum atomic E-state index is 13.2. The molecule has 30 heavy (non-hydrogen) atoms. The molecule has 1 aliphatic heterocycles. The van der Waals surface area contributed by atoms with Crippen molar-refractivity contribution in [1.82, 2.24) is 9.88 Å². The number of aliphatic imine (C=N–C) groups is 1. The Morgan fingerprint density at radius 2 is 2.00 bits per heavy atom. The van der Waals surface area contributed by atoms with Crippen LogP contribution in [0.4, 0.5) is 5.69 Å². The number of aryl methyl sites for hydroxylation is 1. The highest BCUT2D eigenvalue weighted by Gasteiger charge is 2.18. The quantitative estimate of drug-likeness (QED) is 0.687. The highest BCUT2D eigenvalue weighted by atomic mass is 16.5. The van der Waals surface area contributed by atoms with E-state index in [2.05, 4.69) is 15.6 Å². The topological polar surface area (TPSA) is 84.7 Å². The molecule has 1 aromatic heterocycles. The summed E-state index contributed by atoms with van der Waals surface area (Å²) >= 11 is 0. The van der Waals surface area contributed by atoms with Crippen molar-refractivity contribution < 1.29 is 9.53 Å². The van der Waals surface area contributed by atoms with Crippen molar-refractivity contribution in [2.24, 2.45) is 4.99 Å². The second-order valence-electron chi connectivity index (χ2n) is 6.91. The molecule has 0 bridgehead atoms. The molecule has 0 saturated carbocycles. The number of amides is 1. The first-order valence-corrected chi connectivity index (χ1v) is 9.64. The van der Waals surface area contributed by atoms with E-state index in [1.54, 1.807) is 44.5 Å². The molecule has 3 aromatic rings. The van der Waals surface area contributed by atoms with Crippen molar-refractivity contribution in [3.8, 4) is 11.4 Å². The SMILES string of the molecule is COc1ccccc1-n1ccc(C)c(C(=O)Nc2cccc(C3=NCCN3)c2)c1=O. The largest absolute Gasteiger partial charge is 0.495 e. The lowest BCUT2D eigenvalue weighted by atomic mass is 10.1. The Balaban J connectivity index is 1.68. The number of methoxy groups -OCH3 is 1. The van der Waals surface area contributed by atoms with Crippen molar-refractivity contribution in [3.05, 3.63) is 87.8 Å². The number of carbonyl (C=O) groups is 1. The van der Waals surface area contributed by atoms with Crippen molar-refractivity contribution in [2.75, 3.05) is 25.5 Å². The minimum atomic E-state index is -0.458. The number of aromatic nitrogens is 1. The zero-order valence-electron chi connectivity index (χ0n) is 16.8. The fraction of sp³-hybridized carbons (Fsp3) is 0.174. The van der Waals surface area contributed by atoms with E-state index < -0.39 is 11.5 Å². The Bertz CT molecular complexity index is 1200. The summed E-state index contributed by atoms with van der Waals surface area (Å²) in [6.07, 6.45) is 1.65. The predicted octanol–water partition coefficient (Wildman–Crippen LogP) is 2.76. The molecule has 0 saturated heterocycles. The van der Waals surface area contributed by atoms with Gasteiger partial charge in [0.25, 0.3) is 11.5 Å². The molecule has 0 atom stereocenters. The molecule has 0 fully saturated rings. The molecule has 2 N–H and O–H groups in total. The number of hydrogen-bond donors (Lipinski definition) is 2. The van der Waals surface area contributed by atoms with Crippen molar-refractivity contribution >= 4 is 17.4 Å². The third-order valence-electron chi connectivity index (χ3n) is 4.94. The van der Waals surface area contributed by atoms with Crippen LogP contribution in [0.3, 0.4) is 0 Å². The summed E-state index contributed by atoms with van der Waals surface area (Å²) in [5.41, 5.74) is 2.34. The predicted molar refractivity (Wildman–Crippen MR) is 117 cm³/mol. The summed E-state index contributed by atoms with van der Waals surface area (Å²) in [6, 6.07) is 16.3. The van der Waals surface area contributed by atoms with Gasteiger partial charge >= 0.3 is 0 Å². The molecular weight excluding hydrogens is 380 g/mol. The lowest BCUT2D eigenvalue weighted by Gasteiger charge is -2.14. The second-order valence-corrected chi connectivity index (χ2v) is 6.91. The maximum absolute atomic E-state index is 13.2. The summed E-state index contributed by atoms with van der Waals surface area (Å²) in [7, 11) is 1.54. The number of anilines is 1. The van der Waals surface area contributed by atoms with E-state index in [1.165, 1.54) is 4.57 Å². The number of hydrogen-bond acceptors (Lipinski definition) is 5. The first kappa shape index (κ1) is 19.4. The Morgan fingerprint density at radius 1 is 1.17 bits per heavy atom. The molecule has 2 heterocycles. The number of benzene rings is 2. The molecule has 1 amide bonds. The van der Waals surface area contributed by atoms with Gasteiger partial charge in [-0.2, -0.15) is 0 Å². The van der Waals surface area contributed by atoms with Gasteiger partial charge in [0.1, 0.15) is 17.1 Å². The third-order valence-corrected chi connectivity index (χ3v) is 4.94. The maximum Gasteiger partial charge on any atom is 0.268 e. The first-order valence-electron chi connectivity index (χ1n) is 9.64. The molecule has 4 rings (SSSR count). The van der Waals surface area contributed by atoms with E-state index >= 15 is 0 Å². The molecule has 7 heteroatoms. The smallest absolute Gasteiger partial charge is 0.268 e. The number of nitrogens with zero attached hydrogens (tertiary/aromatic N) is 2. The standard InChI is InChI=1S/C23H22N4O3/c1-15-10-13-27(18-8-3-4-9-19(18)30-2)23(29)20(15)22(28)26-17-7-5-6-16(14-17)21-24-11-12-25-21/h3-10,13-14H,11-12H2,1-2H3,(H,24,25)(H,26,28). The van der Waals surface area contributed by atoms with E-state index in [9.17, 15) is 9.59 Å². The van der Waals surface area contributed by atoms with Gasteiger partial charge < -0.3 is 15.4 Å². The average molecular weight is 402 g/mol. The van der Waals surface area contributed by atoms with Crippen LogP contribution in [0.2, 0.25) is 0 Å². The van der Waals surface area contributed by atoms with Crippen LogP contribution in [-0.2, 0) is 0 Å². The van der Waals surface area contributed by atoms with E-state index in [1.807, 2.05) is 30.3 Å². The van der Waals surface area contributed by atoms with Crippen molar-refractivity contribution in [2.45, 2.75) is 6.92 Å². The average Bonchev–Trinajstić information content (AvgIpc) is 3.29. The van der Waals surface area contributed by atoms with Crippen LogP contribution >= 0.6 is 0 Å². The number of para-hydroxylation sites is 2. The number of nitrogens with one attached hydrogen (secondary N) is 2. The van der Waals surface area contributed by atoms with Gasteiger partial charge in [-0.25, -0.2) is 0 Å². The Kier molecular flexibility index (Phi) is 5.34. The zero-order valence-corrected chi connectivity index (χ0v) is 16.8. The van der Waals surface area contributed by atoms with Crippen molar-refractivity contribution in [3.63, 3.8) is 0 Å². The van der Waals surface area contributed by atoms with E-state index in [-0.39, 0.29) is 5.56 Å². The van der Waals surface area contributed by atoms with Gasteiger partial charge in [-0.15, -0.1) is 0 Å². The summed E-state index contributed by atoms with van der Waals surface area (Å²) in [6.45, 7) is 3.28.